The van der Waals surface area contributed by atoms with Crippen molar-refractivity contribution in [2.75, 3.05) is 19.4 Å². The molecule has 3 aliphatic rings. The number of alkyl halides is 3. The molecule has 2 aromatic rings. The molecule has 0 unspecified atom stereocenters. The van der Waals surface area contributed by atoms with Crippen molar-refractivity contribution in [2.45, 2.75) is 54.1 Å². The molecule has 4 nitrogen and oxygen atoms in total. The number of aromatic nitrogens is 2. The Hall–Kier alpha value is -1.41. The molecule has 25 heavy (non-hydrogen) atoms. The largest absolute Gasteiger partial charge is 0.446 e. The van der Waals surface area contributed by atoms with Crippen molar-refractivity contribution in [1.29, 1.82) is 0 Å². The van der Waals surface area contributed by atoms with Crippen LogP contribution in [0.15, 0.2) is 23.1 Å². The Labute approximate surface area is 148 Å². The summed E-state index contributed by atoms with van der Waals surface area (Å²) in [6, 6.07) is 5.38. The topological polar surface area (TPSA) is 32.6 Å². The highest BCUT2D eigenvalue weighted by atomic mass is 32.2. The van der Waals surface area contributed by atoms with Crippen LogP contribution in [0.2, 0.25) is 0 Å². The molecular weight excluding hydrogens is 349 g/mol. The SMILES string of the molecule is Cc1nn2c(NC34CCC(N(C)C)(C3)C4)cccc2c1SC(F)(F)F. The van der Waals surface area contributed by atoms with Gasteiger partial charge in [0.25, 0.3) is 0 Å². The lowest BCUT2D eigenvalue weighted by atomic mass is 9.70. The molecule has 2 heterocycles. The number of fused-ring (bicyclic) bond motifs is 2. The molecule has 0 spiro atoms. The Kier molecular flexibility index (Phi) is 3.61. The quantitative estimate of drug-likeness (QED) is 0.814. The predicted molar refractivity (Wildman–Crippen MR) is 93.1 cm³/mol. The Morgan fingerprint density at radius 1 is 1.24 bits per heavy atom. The molecule has 3 saturated carbocycles. The van der Waals surface area contributed by atoms with Crippen molar-refractivity contribution in [3.05, 3.63) is 23.9 Å². The minimum atomic E-state index is -4.32. The Morgan fingerprint density at radius 3 is 2.56 bits per heavy atom. The normalized spacial score (nSPS) is 28.6. The van der Waals surface area contributed by atoms with Gasteiger partial charge in [-0.05, 0) is 70.6 Å². The van der Waals surface area contributed by atoms with E-state index in [0.29, 0.717) is 11.2 Å². The van der Waals surface area contributed by atoms with Gasteiger partial charge < -0.3 is 10.2 Å². The molecule has 3 fully saturated rings. The summed E-state index contributed by atoms with van der Waals surface area (Å²) in [5.41, 5.74) is -3.11. The van der Waals surface area contributed by atoms with Crippen molar-refractivity contribution in [1.82, 2.24) is 14.5 Å². The molecule has 5 rings (SSSR count). The van der Waals surface area contributed by atoms with E-state index in [1.54, 1.807) is 23.6 Å². The summed E-state index contributed by atoms with van der Waals surface area (Å²) in [4.78, 5) is 2.48. The molecule has 8 heteroatoms. The van der Waals surface area contributed by atoms with E-state index < -0.39 is 5.51 Å². The highest BCUT2D eigenvalue weighted by Crippen LogP contribution is 2.58. The van der Waals surface area contributed by atoms with Crippen LogP contribution in [0.4, 0.5) is 19.0 Å². The molecule has 0 saturated heterocycles. The maximum atomic E-state index is 12.8. The average Bonchev–Trinajstić information content (AvgIpc) is 3.10. The van der Waals surface area contributed by atoms with Gasteiger partial charge in [-0.2, -0.15) is 18.3 Å². The van der Waals surface area contributed by atoms with Gasteiger partial charge in [0.1, 0.15) is 5.82 Å². The van der Waals surface area contributed by atoms with Crippen LogP contribution in [0.25, 0.3) is 5.52 Å². The Morgan fingerprint density at radius 2 is 1.96 bits per heavy atom. The van der Waals surface area contributed by atoms with Gasteiger partial charge in [-0.25, -0.2) is 4.52 Å². The first-order valence-electron chi connectivity index (χ1n) is 8.33. The number of rotatable bonds is 4. The second kappa shape index (κ2) is 5.30. The minimum absolute atomic E-state index is 0.0374. The van der Waals surface area contributed by atoms with E-state index >= 15 is 0 Å². The molecule has 0 aliphatic heterocycles. The van der Waals surface area contributed by atoms with Crippen LogP contribution in [0, 0.1) is 6.92 Å². The lowest BCUT2D eigenvalue weighted by Gasteiger charge is -2.51. The second-order valence-electron chi connectivity index (χ2n) is 7.55. The minimum Gasteiger partial charge on any atom is -0.364 e. The summed E-state index contributed by atoms with van der Waals surface area (Å²) in [5, 5.41) is 7.96. The van der Waals surface area contributed by atoms with Crippen LogP contribution in [0.1, 0.15) is 31.4 Å². The lowest BCUT2D eigenvalue weighted by molar-refractivity contribution is -0.0328. The number of pyridine rings is 1. The third kappa shape index (κ3) is 2.70. The van der Waals surface area contributed by atoms with Crippen LogP contribution in [0.5, 0.6) is 0 Å². The number of nitrogens with one attached hydrogen (secondary N) is 1. The number of aryl methyl sites for hydroxylation is 1. The van der Waals surface area contributed by atoms with Gasteiger partial charge in [-0.1, -0.05) is 6.07 Å². The highest BCUT2D eigenvalue weighted by Gasteiger charge is 2.62. The molecule has 2 bridgehead atoms. The molecule has 0 atom stereocenters. The van der Waals surface area contributed by atoms with E-state index in [9.17, 15) is 13.2 Å². The van der Waals surface area contributed by atoms with Crippen LogP contribution in [0.3, 0.4) is 0 Å². The van der Waals surface area contributed by atoms with Gasteiger partial charge in [0.2, 0.25) is 0 Å². The van der Waals surface area contributed by atoms with Gasteiger partial charge >= 0.3 is 5.51 Å². The average molecular weight is 370 g/mol. The standard InChI is InChI=1S/C17H21F3N4S/c1-11-14(25-17(18,19)20)12-5-4-6-13(24(12)22-11)21-15-7-8-16(9-15,10-15)23(2)3/h4-6,21H,7-10H2,1-3H3. The fourth-order valence-corrected chi connectivity index (χ4v) is 5.17. The first-order valence-corrected chi connectivity index (χ1v) is 9.15. The summed E-state index contributed by atoms with van der Waals surface area (Å²) in [6.07, 6.45) is 4.35. The van der Waals surface area contributed by atoms with E-state index in [2.05, 4.69) is 29.4 Å². The van der Waals surface area contributed by atoms with E-state index in [4.69, 9.17) is 0 Å². The van der Waals surface area contributed by atoms with Gasteiger partial charge in [-0.15, -0.1) is 0 Å². The number of halogens is 3. The van der Waals surface area contributed by atoms with Crippen LogP contribution in [-0.4, -0.2) is 45.2 Å². The first kappa shape index (κ1) is 17.0. The third-order valence-electron chi connectivity index (χ3n) is 5.74. The molecule has 3 aliphatic carbocycles. The zero-order chi connectivity index (χ0) is 18.0. The van der Waals surface area contributed by atoms with Crippen molar-refractivity contribution in [3.8, 4) is 0 Å². The molecule has 0 radical (unpaired) electrons. The molecule has 1 N–H and O–H groups in total. The number of hydrogen-bond donors (Lipinski definition) is 1. The second-order valence-corrected chi connectivity index (χ2v) is 8.62. The van der Waals surface area contributed by atoms with E-state index in [1.165, 1.54) is 0 Å². The number of anilines is 1. The maximum absolute atomic E-state index is 12.8. The first-order chi connectivity index (χ1) is 11.6. The molecular formula is C17H21F3N4S. The number of hydrogen-bond acceptors (Lipinski definition) is 4. The number of thioether (sulfide) groups is 1. The molecule has 2 aromatic heterocycles. The number of nitrogens with zero attached hydrogens (tertiary/aromatic N) is 3. The maximum Gasteiger partial charge on any atom is 0.446 e. The van der Waals surface area contributed by atoms with E-state index in [1.807, 2.05) is 6.07 Å². The van der Waals surface area contributed by atoms with Crippen molar-refractivity contribution in [3.63, 3.8) is 0 Å². The van der Waals surface area contributed by atoms with Gasteiger partial charge in [0.05, 0.1) is 16.1 Å². The monoisotopic (exact) mass is 370 g/mol. The summed E-state index contributed by atoms with van der Waals surface area (Å²) < 4.78 is 40.2. The highest BCUT2D eigenvalue weighted by molar-refractivity contribution is 8.00. The Bertz CT molecular complexity index is 821. The van der Waals surface area contributed by atoms with Crippen molar-refractivity contribution < 1.29 is 13.2 Å². The van der Waals surface area contributed by atoms with Crippen LogP contribution in [-0.2, 0) is 0 Å². The van der Waals surface area contributed by atoms with Crippen molar-refractivity contribution in [2.24, 2.45) is 0 Å². The molecule has 136 valence electrons. The van der Waals surface area contributed by atoms with E-state index in [-0.39, 0.29) is 27.7 Å². The zero-order valence-corrected chi connectivity index (χ0v) is 15.3. The smallest absolute Gasteiger partial charge is 0.364 e. The van der Waals surface area contributed by atoms with Gasteiger partial charge in [0.15, 0.2) is 0 Å². The third-order valence-corrected chi connectivity index (χ3v) is 6.68. The fraction of sp³-hybridized carbons (Fsp3) is 0.588. The summed E-state index contributed by atoms with van der Waals surface area (Å²) >= 11 is -0.0906. The van der Waals surface area contributed by atoms with E-state index in [0.717, 1.165) is 31.5 Å². The summed E-state index contributed by atoms with van der Waals surface area (Å²) in [7, 11) is 4.24. The van der Waals surface area contributed by atoms with Gasteiger partial charge in [-0.3, -0.25) is 0 Å². The fourth-order valence-electron chi connectivity index (χ4n) is 4.49. The zero-order valence-electron chi connectivity index (χ0n) is 14.4. The summed E-state index contributed by atoms with van der Waals surface area (Å²) in [6.45, 7) is 1.62. The lowest BCUT2D eigenvalue weighted by Crippen LogP contribution is -2.59. The van der Waals surface area contributed by atoms with Crippen molar-refractivity contribution >= 4 is 23.1 Å². The van der Waals surface area contributed by atoms with Crippen LogP contribution < -0.4 is 5.32 Å². The predicted octanol–water partition coefficient (Wildman–Crippen LogP) is 4.29. The van der Waals surface area contributed by atoms with Crippen LogP contribution >= 0.6 is 11.8 Å². The molecule has 0 amide bonds. The van der Waals surface area contributed by atoms with Gasteiger partial charge in [0, 0.05) is 11.1 Å². The Balaban J connectivity index is 1.65. The summed E-state index contributed by atoms with van der Waals surface area (Å²) in [5.74, 6) is 0.767. The molecule has 0 aromatic carbocycles.